The molecule has 2 saturated heterocycles. The lowest BCUT2D eigenvalue weighted by molar-refractivity contribution is -0.149. The first-order valence-electron chi connectivity index (χ1n) is 28.9. The molecule has 5 rings (SSSR count). The van der Waals surface area contributed by atoms with Crippen molar-refractivity contribution in [3.05, 3.63) is 54.2 Å². The van der Waals surface area contributed by atoms with E-state index in [1.807, 2.05) is 24.3 Å². The summed E-state index contributed by atoms with van der Waals surface area (Å²) in [6.07, 6.45) is 5.32. The monoisotopic (exact) mass is 1190 g/mol. The highest BCUT2D eigenvalue weighted by atomic mass is 16.4. The van der Waals surface area contributed by atoms with Crippen LogP contribution in [0.3, 0.4) is 0 Å². The Balaban J connectivity index is 1.30. The zero-order valence-corrected chi connectivity index (χ0v) is 48.6. The van der Waals surface area contributed by atoms with Crippen molar-refractivity contribution in [2.24, 2.45) is 34.8 Å². The molecule has 0 aliphatic carbocycles. The van der Waals surface area contributed by atoms with Gasteiger partial charge in [0, 0.05) is 49.5 Å². The Morgan fingerprint density at radius 3 is 1.73 bits per heavy atom. The summed E-state index contributed by atoms with van der Waals surface area (Å²) in [6.45, 7) is 7.01. The van der Waals surface area contributed by atoms with Gasteiger partial charge in [-0.1, -0.05) is 45.9 Å². The smallest absolute Gasteiger partial charge is 0.326 e. The molecule has 9 unspecified atom stereocenters. The number of carbonyl (C=O) groups is 12. The number of aromatic nitrogens is 3. The second kappa shape index (κ2) is 32.6. The highest BCUT2D eigenvalue weighted by molar-refractivity contribution is 5.99. The maximum absolute atomic E-state index is 14.5. The van der Waals surface area contributed by atoms with Gasteiger partial charge >= 0.3 is 5.97 Å². The van der Waals surface area contributed by atoms with Crippen LogP contribution in [0.1, 0.15) is 128 Å². The number of aliphatic carboxylic acids is 1. The third-order valence-corrected chi connectivity index (χ3v) is 14.8. The van der Waals surface area contributed by atoms with Crippen LogP contribution in [0.2, 0.25) is 0 Å². The Kier molecular flexibility index (Phi) is 25.8. The van der Waals surface area contributed by atoms with Gasteiger partial charge in [0.25, 0.3) is 0 Å². The van der Waals surface area contributed by atoms with Crippen molar-refractivity contribution >= 4 is 81.9 Å². The Hall–Kier alpha value is -8.47. The number of para-hydroxylation sites is 1. The summed E-state index contributed by atoms with van der Waals surface area (Å²) < 4.78 is 0. The number of carboxylic acid groups (broad SMARTS) is 1. The van der Waals surface area contributed by atoms with Crippen LogP contribution in [0, 0.1) is 11.8 Å². The molecule has 0 spiro atoms. The number of carbonyl (C=O) groups excluding carboxylic acids is 11. The van der Waals surface area contributed by atoms with Gasteiger partial charge in [0.15, 0.2) is 0 Å². The van der Waals surface area contributed by atoms with Crippen molar-refractivity contribution < 1.29 is 62.6 Å². The van der Waals surface area contributed by atoms with E-state index in [1.54, 1.807) is 33.9 Å². The van der Waals surface area contributed by atoms with E-state index < -0.39 is 132 Å². The standard InChI is InChI=1S/C56H84N16O13/c1-30(2)23-38(69-51(79)40(70-53(81)47(60)41-27-61-29-64-41)25-32-26-62-34-12-6-5-11-33(32)34)49(77)66-35(16-18-44(58)73)48(76)68-39(24-31(3)4)50(78)67-36(13-7-8-20-57)54(82)71-21-9-14-42(71)52(80)63-28-46(75)65-37(17-19-45(59)74)55(83)72-22-10-15-43(72)56(84)85/h5-6,11-12,26-27,29-31,35-40,42-43,47,62H,7-10,13-25,28,57,60H2,1-4H3,(H2,58,73)(H2,59,74)(H,61,64)(H,63,80)(H,65,75)(H,66,77)(H,67,78)(H,68,76)(H,69,79)(H,70,81)(H,84,85). The molecule has 11 amide bonds. The van der Waals surface area contributed by atoms with Gasteiger partial charge in [-0.3, -0.25) is 52.7 Å². The number of aromatic amines is 2. The number of primary amides is 2. The van der Waals surface area contributed by atoms with E-state index in [4.69, 9.17) is 22.9 Å². The number of amides is 11. The number of fused-ring (bicyclic) bond motifs is 1. The molecule has 2 fully saturated rings. The predicted octanol–water partition coefficient (Wildman–Crippen LogP) is -2.02. The summed E-state index contributed by atoms with van der Waals surface area (Å²) in [4.78, 5) is 174. The third kappa shape index (κ3) is 20.1. The Morgan fingerprint density at radius 1 is 0.647 bits per heavy atom. The first kappa shape index (κ1) is 67.3. The van der Waals surface area contributed by atoms with Crippen molar-refractivity contribution in [1.82, 2.24) is 62.0 Å². The van der Waals surface area contributed by atoms with Crippen LogP contribution >= 0.6 is 0 Å². The number of rotatable bonds is 34. The number of benzene rings is 1. The van der Waals surface area contributed by atoms with E-state index in [0.717, 1.165) is 15.8 Å². The van der Waals surface area contributed by atoms with Gasteiger partial charge in [-0.25, -0.2) is 9.78 Å². The van der Waals surface area contributed by atoms with Crippen LogP contribution in [0.4, 0.5) is 0 Å². The number of nitrogens with one attached hydrogen (secondary N) is 9. The number of hydrogen-bond acceptors (Lipinski definition) is 15. The molecular weight excluding hydrogens is 1100 g/mol. The molecule has 2 aromatic heterocycles. The van der Waals surface area contributed by atoms with Gasteiger partial charge in [0.2, 0.25) is 65.0 Å². The summed E-state index contributed by atoms with van der Waals surface area (Å²) in [7, 11) is 0. The molecule has 0 saturated carbocycles. The minimum Gasteiger partial charge on any atom is -0.480 e. The van der Waals surface area contributed by atoms with Crippen molar-refractivity contribution in [2.75, 3.05) is 26.2 Å². The Bertz CT molecular complexity index is 2840. The number of carboxylic acids is 1. The van der Waals surface area contributed by atoms with Crippen LogP contribution in [-0.4, -0.2) is 175 Å². The SMILES string of the molecule is CC(C)CC(NC(=O)C(Cc1c[nH]c2ccccc12)NC(=O)C(N)c1cnc[nH]1)C(=O)NC(CCC(N)=O)C(=O)NC(CC(C)C)C(=O)NC(CCCCN)C(=O)N1CCCC1C(=O)NCC(=O)NC(CCC(N)=O)C(=O)N1CCCC1C(=O)O. The highest BCUT2D eigenvalue weighted by Gasteiger charge is 2.41. The molecule has 18 N–H and O–H groups in total. The number of H-pyrrole nitrogens is 2. The minimum atomic E-state index is -1.49. The number of likely N-dealkylation sites (tertiary alicyclic amines) is 2. The first-order chi connectivity index (χ1) is 40.4. The van der Waals surface area contributed by atoms with Crippen LogP contribution in [0.25, 0.3) is 10.9 Å². The third-order valence-electron chi connectivity index (χ3n) is 14.8. The first-order valence-corrected chi connectivity index (χ1v) is 28.9. The zero-order valence-electron chi connectivity index (χ0n) is 48.6. The maximum Gasteiger partial charge on any atom is 0.326 e. The fourth-order valence-electron chi connectivity index (χ4n) is 10.4. The highest BCUT2D eigenvalue weighted by Crippen LogP contribution is 2.23. The fraction of sp³-hybridized carbons (Fsp3) is 0.589. The number of nitrogens with zero attached hydrogens (tertiary/aromatic N) is 3. The van der Waals surface area contributed by atoms with Crippen molar-refractivity contribution in [1.29, 1.82) is 0 Å². The van der Waals surface area contributed by atoms with Gasteiger partial charge in [-0.2, -0.15) is 0 Å². The molecule has 29 nitrogen and oxygen atoms in total. The Morgan fingerprint density at radius 2 is 1.16 bits per heavy atom. The molecule has 29 heteroatoms. The largest absolute Gasteiger partial charge is 0.480 e. The normalized spacial score (nSPS) is 17.4. The van der Waals surface area contributed by atoms with E-state index in [0.29, 0.717) is 31.2 Å². The van der Waals surface area contributed by atoms with Gasteiger partial charge in [0.1, 0.15) is 54.4 Å². The zero-order chi connectivity index (χ0) is 62.5. The summed E-state index contributed by atoms with van der Waals surface area (Å²) in [5, 5.41) is 29.0. The molecule has 2 aliphatic rings. The fourth-order valence-corrected chi connectivity index (χ4v) is 10.4. The molecule has 466 valence electrons. The molecule has 9 atom stereocenters. The lowest BCUT2D eigenvalue weighted by Crippen LogP contribution is -2.60. The molecule has 0 bridgehead atoms. The molecule has 85 heavy (non-hydrogen) atoms. The number of imidazole rings is 1. The molecule has 0 radical (unpaired) electrons. The maximum atomic E-state index is 14.5. The summed E-state index contributed by atoms with van der Waals surface area (Å²) in [6, 6.07) is -4.07. The quantitative estimate of drug-likeness (QED) is 0.0287. The average Bonchev–Trinajstić information content (AvgIpc) is 3.85. The van der Waals surface area contributed by atoms with Crippen molar-refractivity contribution in [3.8, 4) is 0 Å². The van der Waals surface area contributed by atoms with Gasteiger partial charge in [0.05, 0.1) is 24.8 Å². The van der Waals surface area contributed by atoms with E-state index in [1.165, 1.54) is 17.4 Å². The average molecular weight is 1190 g/mol. The Labute approximate surface area is 492 Å². The summed E-state index contributed by atoms with van der Waals surface area (Å²) >= 11 is 0. The molecule has 1 aromatic carbocycles. The topological polar surface area (TPSA) is 464 Å². The number of unbranched alkanes of at least 4 members (excludes halogenated alkanes) is 1. The van der Waals surface area contributed by atoms with Crippen LogP contribution in [0.15, 0.2) is 43.0 Å². The van der Waals surface area contributed by atoms with E-state index in [-0.39, 0.29) is 101 Å². The lowest BCUT2D eigenvalue weighted by Gasteiger charge is -2.31. The second-order valence-corrected chi connectivity index (χ2v) is 22.5. The van der Waals surface area contributed by atoms with E-state index >= 15 is 0 Å². The van der Waals surface area contributed by atoms with Crippen LogP contribution in [0.5, 0.6) is 0 Å². The van der Waals surface area contributed by atoms with E-state index in [9.17, 15) is 62.6 Å². The molecule has 4 heterocycles. The lowest BCUT2D eigenvalue weighted by atomic mass is 9.99. The molecule has 2 aliphatic heterocycles. The van der Waals surface area contributed by atoms with Crippen molar-refractivity contribution in [3.63, 3.8) is 0 Å². The van der Waals surface area contributed by atoms with Crippen molar-refractivity contribution in [2.45, 2.75) is 172 Å². The molecular formula is C56H84N16O13. The van der Waals surface area contributed by atoms with Crippen LogP contribution < -0.4 is 60.2 Å². The summed E-state index contributed by atoms with van der Waals surface area (Å²) in [5.74, 6) is -10.1. The minimum absolute atomic E-state index is 0.0291. The molecule has 3 aromatic rings. The number of hydrogen-bond donors (Lipinski definition) is 14. The van der Waals surface area contributed by atoms with Gasteiger partial charge in [-0.15, -0.1) is 0 Å². The number of nitrogens with two attached hydrogens (primary N) is 4. The second-order valence-electron chi connectivity index (χ2n) is 22.5. The van der Waals surface area contributed by atoms with Crippen LogP contribution in [-0.2, 0) is 64.0 Å². The van der Waals surface area contributed by atoms with Gasteiger partial charge in [-0.05, 0) is 101 Å². The summed E-state index contributed by atoms with van der Waals surface area (Å²) in [5.41, 5.74) is 24.6. The van der Waals surface area contributed by atoms with E-state index in [2.05, 4.69) is 52.2 Å². The predicted molar refractivity (Wildman–Crippen MR) is 308 cm³/mol. The van der Waals surface area contributed by atoms with Gasteiger partial charge < -0.3 is 85.0 Å².